The van der Waals surface area contributed by atoms with Gasteiger partial charge in [0, 0.05) is 0 Å². The summed E-state index contributed by atoms with van der Waals surface area (Å²) in [5.41, 5.74) is 2.18. The van der Waals surface area contributed by atoms with Crippen LogP contribution in [0.1, 0.15) is 23.0 Å². The number of aromatic nitrogens is 3. The maximum Gasteiger partial charge on any atom is 0.339 e. The summed E-state index contributed by atoms with van der Waals surface area (Å²) < 4.78 is 9.97. The summed E-state index contributed by atoms with van der Waals surface area (Å²) in [6.07, 6.45) is 2.07. The SMILES string of the molecule is CCc1noc2ncnc(Nc3ccccc3C(=O)OC)c12. The normalized spacial score (nSPS) is 10.6. The summed E-state index contributed by atoms with van der Waals surface area (Å²) >= 11 is 0. The fraction of sp³-hybridized carbons (Fsp3) is 0.200. The van der Waals surface area contributed by atoms with Gasteiger partial charge in [-0.2, -0.15) is 4.98 Å². The van der Waals surface area contributed by atoms with Gasteiger partial charge in [0.05, 0.1) is 24.1 Å². The minimum atomic E-state index is -0.422. The van der Waals surface area contributed by atoms with Crippen LogP contribution in [0.4, 0.5) is 11.5 Å². The lowest BCUT2D eigenvalue weighted by molar-refractivity contribution is 0.0602. The number of benzene rings is 1. The summed E-state index contributed by atoms with van der Waals surface area (Å²) in [6, 6.07) is 7.05. The molecule has 0 saturated carbocycles. The molecule has 7 heteroatoms. The average molecular weight is 298 g/mol. The molecule has 0 bridgehead atoms. The van der Waals surface area contributed by atoms with Crippen molar-refractivity contribution in [2.75, 3.05) is 12.4 Å². The van der Waals surface area contributed by atoms with Crippen molar-refractivity contribution in [2.45, 2.75) is 13.3 Å². The Morgan fingerprint density at radius 2 is 2.14 bits per heavy atom. The van der Waals surface area contributed by atoms with Crippen molar-refractivity contribution >= 4 is 28.6 Å². The Hall–Kier alpha value is -2.96. The number of anilines is 2. The molecule has 112 valence electrons. The van der Waals surface area contributed by atoms with Crippen LogP contribution in [0.3, 0.4) is 0 Å². The first-order valence-electron chi connectivity index (χ1n) is 6.78. The highest BCUT2D eigenvalue weighted by atomic mass is 16.5. The second-order valence-corrected chi connectivity index (χ2v) is 4.55. The number of ether oxygens (including phenoxy) is 1. The number of esters is 1. The predicted molar refractivity (Wildman–Crippen MR) is 80.0 cm³/mol. The molecule has 0 atom stereocenters. The third kappa shape index (κ3) is 2.37. The molecule has 0 unspecified atom stereocenters. The van der Waals surface area contributed by atoms with E-state index in [1.54, 1.807) is 18.2 Å². The number of hydrogen-bond donors (Lipinski definition) is 1. The summed E-state index contributed by atoms with van der Waals surface area (Å²) in [6.45, 7) is 1.97. The van der Waals surface area contributed by atoms with E-state index in [-0.39, 0.29) is 0 Å². The minimum Gasteiger partial charge on any atom is -0.465 e. The Labute approximate surface area is 126 Å². The Balaban J connectivity index is 2.08. The molecular formula is C15H14N4O3. The first-order valence-corrected chi connectivity index (χ1v) is 6.78. The summed E-state index contributed by atoms with van der Waals surface area (Å²) in [5.74, 6) is 0.119. The molecule has 1 N–H and O–H groups in total. The van der Waals surface area contributed by atoms with Crippen LogP contribution >= 0.6 is 0 Å². The summed E-state index contributed by atoms with van der Waals surface area (Å²) in [7, 11) is 1.34. The van der Waals surface area contributed by atoms with Crippen molar-refractivity contribution in [3.05, 3.63) is 41.9 Å². The first kappa shape index (κ1) is 14.0. The van der Waals surface area contributed by atoms with Crippen molar-refractivity contribution < 1.29 is 14.1 Å². The number of nitrogens with one attached hydrogen (secondary N) is 1. The number of nitrogens with zero attached hydrogens (tertiary/aromatic N) is 3. The molecular weight excluding hydrogens is 284 g/mol. The van der Waals surface area contributed by atoms with Gasteiger partial charge < -0.3 is 14.6 Å². The maximum absolute atomic E-state index is 11.8. The van der Waals surface area contributed by atoms with E-state index in [0.29, 0.717) is 34.6 Å². The van der Waals surface area contributed by atoms with Crippen LogP contribution in [0.5, 0.6) is 0 Å². The van der Waals surface area contributed by atoms with Crippen LogP contribution in [0.15, 0.2) is 35.1 Å². The van der Waals surface area contributed by atoms with E-state index in [1.807, 2.05) is 13.0 Å². The zero-order valence-electron chi connectivity index (χ0n) is 12.2. The third-order valence-corrected chi connectivity index (χ3v) is 3.26. The number of fused-ring (bicyclic) bond motifs is 1. The fourth-order valence-corrected chi connectivity index (χ4v) is 2.19. The molecule has 7 nitrogen and oxygen atoms in total. The second-order valence-electron chi connectivity index (χ2n) is 4.55. The van der Waals surface area contributed by atoms with Gasteiger partial charge in [-0.1, -0.05) is 24.2 Å². The van der Waals surface area contributed by atoms with Crippen LogP contribution in [0.25, 0.3) is 11.1 Å². The number of carbonyl (C=O) groups is 1. The van der Waals surface area contributed by atoms with E-state index in [2.05, 4.69) is 20.4 Å². The first-order chi connectivity index (χ1) is 10.7. The van der Waals surface area contributed by atoms with Crippen molar-refractivity contribution in [1.82, 2.24) is 15.1 Å². The molecule has 3 rings (SSSR count). The maximum atomic E-state index is 11.8. The molecule has 0 saturated heterocycles. The number of para-hydroxylation sites is 1. The number of rotatable bonds is 4. The average Bonchev–Trinajstić information content (AvgIpc) is 2.99. The Bertz CT molecular complexity index is 829. The highest BCUT2D eigenvalue weighted by molar-refractivity contribution is 5.98. The summed E-state index contributed by atoms with van der Waals surface area (Å²) in [5, 5.41) is 7.83. The summed E-state index contributed by atoms with van der Waals surface area (Å²) in [4.78, 5) is 20.1. The topological polar surface area (TPSA) is 90.1 Å². The van der Waals surface area contributed by atoms with Gasteiger partial charge in [0.2, 0.25) is 0 Å². The van der Waals surface area contributed by atoms with Gasteiger partial charge in [-0.25, -0.2) is 9.78 Å². The molecule has 2 heterocycles. The Kier molecular flexibility index (Phi) is 3.69. The predicted octanol–water partition coefficient (Wildman–Crippen LogP) is 2.71. The molecule has 0 amide bonds. The molecule has 0 fully saturated rings. The Morgan fingerprint density at radius 1 is 1.32 bits per heavy atom. The van der Waals surface area contributed by atoms with Crippen molar-refractivity contribution in [1.29, 1.82) is 0 Å². The van der Waals surface area contributed by atoms with Crippen LogP contribution in [0, 0.1) is 0 Å². The van der Waals surface area contributed by atoms with E-state index >= 15 is 0 Å². The molecule has 0 radical (unpaired) electrons. The lowest BCUT2D eigenvalue weighted by Gasteiger charge is -2.10. The number of hydrogen-bond acceptors (Lipinski definition) is 7. The zero-order valence-corrected chi connectivity index (χ0v) is 12.2. The van der Waals surface area contributed by atoms with Crippen LogP contribution in [-0.2, 0) is 11.2 Å². The molecule has 0 spiro atoms. The van der Waals surface area contributed by atoms with Gasteiger partial charge in [0.1, 0.15) is 17.5 Å². The standard InChI is InChI=1S/C15H14N4O3/c1-3-10-12-13(16-8-17-14(12)22-19-10)18-11-7-5-4-6-9(11)15(20)21-2/h4-8H,3H2,1-2H3,(H,16,17,18). The molecule has 0 aliphatic heterocycles. The van der Waals surface area contributed by atoms with Gasteiger partial charge in [0.25, 0.3) is 5.71 Å². The van der Waals surface area contributed by atoms with Crippen LogP contribution in [0.2, 0.25) is 0 Å². The van der Waals surface area contributed by atoms with Crippen molar-refractivity contribution in [3.63, 3.8) is 0 Å². The lowest BCUT2D eigenvalue weighted by Crippen LogP contribution is -2.06. The lowest BCUT2D eigenvalue weighted by atomic mass is 10.1. The molecule has 1 aromatic carbocycles. The molecule has 2 aromatic heterocycles. The highest BCUT2D eigenvalue weighted by Crippen LogP contribution is 2.28. The van der Waals surface area contributed by atoms with E-state index in [0.717, 1.165) is 5.69 Å². The molecule has 22 heavy (non-hydrogen) atoms. The smallest absolute Gasteiger partial charge is 0.339 e. The van der Waals surface area contributed by atoms with E-state index in [1.165, 1.54) is 13.4 Å². The van der Waals surface area contributed by atoms with E-state index in [9.17, 15) is 4.79 Å². The number of carbonyl (C=O) groups excluding carboxylic acids is 1. The second kappa shape index (κ2) is 5.80. The van der Waals surface area contributed by atoms with E-state index < -0.39 is 5.97 Å². The van der Waals surface area contributed by atoms with Gasteiger partial charge in [-0.05, 0) is 18.6 Å². The monoisotopic (exact) mass is 298 g/mol. The molecule has 0 aliphatic carbocycles. The Morgan fingerprint density at radius 3 is 2.91 bits per heavy atom. The molecule has 0 aliphatic rings. The van der Waals surface area contributed by atoms with E-state index in [4.69, 9.17) is 9.26 Å². The quantitative estimate of drug-likeness (QED) is 0.740. The van der Waals surface area contributed by atoms with Gasteiger partial charge in [-0.3, -0.25) is 0 Å². The van der Waals surface area contributed by atoms with Crippen LogP contribution < -0.4 is 5.32 Å². The van der Waals surface area contributed by atoms with Crippen LogP contribution in [-0.4, -0.2) is 28.2 Å². The van der Waals surface area contributed by atoms with Crippen molar-refractivity contribution in [2.24, 2.45) is 0 Å². The van der Waals surface area contributed by atoms with Gasteiger partial charge in [-0.15, -0.1) is 0 Å². The number of methoxy groups -OCH3 is 1. The molecule has 3 aromatic rings. The van der Waals surface area contributed by atoms with Gasteiger partial charge >= 0.3 is 5.97 Å². The fourth-order valence-electron chi connectivity index (χ4n) is 2.19. The number of aryl methyl sites for hydroxylation is 1. The minimum absolute atomic E-state index is 0.407. The third-order valence-electron chi connectivity index (χ3n) is 3.26. The largest absolute Gasteiger partial charge is 0.465 e. The highest BCUT2D eigenvalue weighted by Gasteiger charge is 2.16. The van der Waals surface area contributed by atoms with Gasteiger partial charge in [0.15, 0.2) is 0 Å². The van der Waals surface area contributed by atoms with Crippen molar-refractivity contribution in [3.8, 4) is 0 Å². The zero-order chi connectivity index (χ0) is 15.5.